The van der Waals surface area contributed by atoms with E-state index in [1.165, 1.54) is 5.56 Å². The lowest BCUT2D eigenvalue weighted by Gasteiger charge is -2.15. The van der Waals surface area contributed by atoms with Gasteiger partial charge >= 0.3 is 0 Å². The number of nitrogens with one attached hydrogen (secondary N) is 1. The molecule has 1 aromatic rings. The molecule has 0 bridgehead atoms. The Balaban J connectivity index is 2.49. The highest BCUT2D eigenvalue weighted by Gasteiger charge is 2.04. The van der Waals surface area contributed by atoms with Crippen molar-refractivity contribution in [3.8, 4) is 5.75 Å². The molecule has 1 atom stereocenters. The summed E-state index contributed by atoms with van der Waals surface area (Å²) in [7, 11) is 1.97. The van der Waals surface area contributed by atoms with Crippen molar-refractivity contribution >= 4 is 0 Å². The van der Waals surface area contributed by atoms with E-state index in [9.17, 15) is 0 Å². The predicted molar refractivity (Wildman–Crippen MR) is 59.8 cm³/mol. The van der Waals surface area contributed by atoms with Crippen molar-refractivity contribution in [2.24, 2.45) is 0 Å². The van der Waals surface area contributed by atoms with E-state index in [4.69, 9.17) is 4.74 Å². The van der Waals surface area contributed by atoms with E-state index in [2.05, 4.69) is 25.2 Å². The zero-order valence-electron chi connectivity index (χ0n) is 9.21. The molecule has 1 unspecified atom stereocenters. The summed E-state index contributed by atoms with van der Waals surface area (Å²) in [5.74, 6) is 0.987. The Morgan fingerprint density at radius 1 is 1.36 bits per heavy atom. The van der Waals surface area contributed by atoms with Crippen molar-refractivity contribution in [2.75, 3.05) is 13.7 Å². The Bertz CT molecular complexity index is 269. The number of rotatable bonds is 5. The Labute approximate surface area is 86.3 Å². The van der Waals surface area contributed by atoms with E-state index >= 15 is 0 Å². The fourth-order valence-electron chi connectivity index (χ4n) is 1.31. The zero-order valence-corrected chi connectivity index (χ0v) is 9.21. The van der Waals surface area contributed by atoms with Crippen molar-refractivity contribution in [1.29, 1.82) is 0 Å². The Morgan fingerprint density at radius 3 is 2.64 bits per heavy atom. The van der Waals surface area contributed by atoms with Gasteiger partial charge < -0.3 is 10.1 Å². The topological polar surface area (TPSA) is 21.3 Å². The molecule has 0 aliphatic heterocycles. The van der Waals surface area contributed by atoms with E-state index in [0.29, 0.717) is 6.04 Å². The minimum absolute atomic E-state index is 0.439. The largest absolute Gasteiger partial charge is 0.492 e. The third-order valence-corrected chi connectivity index (χ3v) is 2.43. The van der Waals surface area contributed by atoms with E-state index in [1.54, 1.807) is 0 Å². The maximum Gasteiger partial charge on any atom is 0.122 e. The van der Waals surface area contributed by atoms with Crippen molar-refractivity contribution in [1.82, 2.24) is 5.32 Å². The summed E-state index contributed by atoms with van der Waals surface area (Å²) in [6.45, 7) is 4.95. The van der Waals surface area contributed by atoms with Gasteiger partial charge in [-0.2, -0.15) is 0 Å². The van der Waals surface area contributed by atoms with Crippen LogP contribution in [0.2, 0.25) is 0 Å². The summed E-state index contributed by atoms with van der Waals surface area (Å²) in [5.41, 5.74) is 1.19. The number of benzene rings is 1. The lowest BCUT2D eigenvalue weighted by Crippen LogP contribution is -2.30. The highest BCUT2D eigenvalue weighted by molar-refractivity contribution is 5.31. The van der Waals surface area contributed by atoms with E-state index in [-0.39, 0.29) is 0 Å². The van der Waals surface area contributed by atoms with Gasteiger partial charge in [0.2, 0.25) is 0 Å². The smallest absolute Gasteiger partial charge is 0.122 e. The molecule has 0 spiro atoms. The molecule has 0 amide bonds. The third kappa shape index (κ3) is 3.04. The summed E-state index contributed by atoms with van der Waals surface area (Å²) in [6.07, 6.45) is 1.09. The summed E-state index contributed by atoms with van der Waals surface area (Å²) in [4.78, 5) is 0. The van der Waals surface area contributed by atoms with Crippen LogP contribution in [-0.2, 0) is 0 Å². The minimum atomic E-state index is 0.439. The van der Waals surface area contributed by atoms with Crippen LogP contribution < -0.4 is 10.1 Å². The Morgan fingerprint density at radius 2 is 2.07 bits per heavy atom. The van der Waals surface area contributed by atoms with Gasteiger partial charge in [-0.05, 0) is 32.0 Å². The van der Waals surface area contributed by atoms with Crippen LogP contribution in [0.1, 0.15) is 18.9 Å². The number of para-hydroxylation sites is 1. The monoisotopic (exact) mass is 193 g/mol. The maximum absolute atomic E-state index is 5.72. The van der Waals surface area contributed by atoms with Crippen LogP contribution in [0.5, 0.6) is 5.75 Å². The third-order valence-electron chi connectivity index (χ3n) is 2.43. The number of hydrogen-bond acceptors (Lipinski definition) is 2. The highest BCUT2D eigenvalue weighted by atomic mass is 16.5. The summed E-state index contributed by atoms with van der Waals surface area (Å²) in [5, 5.41) is 3.22. The van der Waals surface area contributed by atoms with Crippen molar-refractivity contribution < 1.29 is 4.74 Å². The molecular formula is C12H19NO. The molecule has 0 radical (unpaired) electrons. The first-order valence-corrected chi connectivity index (χ1v) is 5.13. The molecule has 0 aromatic heterocycles. The lowest BCUT2D eigenvalue weighted by atomic mass is 10.2. The van der Waals surface area contributed by atoms with Crippen LogP contribution >= 0.6 is 0 Å². The van der Waals surface area contributed by atoms with Gasteiger partial charge in [-0.1, -0.05) is 25.1 Å². The molecule has 2 nitrogen and oxygen atoms in total. The first-order chi connectivity index (χ1) is 6.77. The maximum atomic E-state index is 5.72. The fourth-order valence-corrected chi connectivity index (χ4v) is 1.31. The van der Waals surface area contributed by atoms with Crippen molar-refractivity contribution in [3.63, 3.8) is 0 Å². The van der Waals surface area contributed by atoms with Gasteiger partial charge in [0.15, 0.2) is 0 Å². The molecule has 14 heavy (non-hydrogen) atoms. The summed E-state index contributed by atoms with van der Waals surface area (Å²) >= 11 is 0. The highest BCUT2D eigenvalue weighted by Crippen LogP contribution is 2.16. The van der Waals surface area contributed by atoms with Crippen LogP contribution in [0.3, 0.4) is 0 Å². The average molecular weight is 193 g/mol. The number of likely N-dealkylation sites (N-methyl/N-ethyl adjacent to an activating group) is 1. The molecule has 1 aromatic carbocycles. The molecule has 0 aliphatic carbocycles. The SMILES string of the molecule is CCC(COc1ccccc1C)NC. The Kier molecular flexibility index (Phi) is 4.47. The molecule has 0 saturated heterocycles. The van der Waals surface area contributed by atoms with Crippen LogP contribution in [0, 0.1) is 6.92 Å². The quantitative estimate of drug-likeness (QED) is 0.775. The molecule has 0 heterocycles. The van der Waals surface area contributed by atoms with E-state index < -0.39 is 0 Å². The minimum Gasteiger partial charge on any atom is -0.492 e. The lowest BCUT2D eigenvalue weighted by molar-refractivity contribution is 0.266. The van der Waals surface area contributed by atoms with E-state index in [1.807, 2.05) is 25.2 Å². The van der Waals surface area contributed by atoms with Crippen LogP contribution in [0.4, 0.5) is 0 Å². The molecule has 1 N–H and O–H groups in total. The van der Waals surface area contributed by atoms with Gasteiger partial charge in [0.05, 0.1) is 0 Å². The fraction of sp³-hybridized carbons (Fsp3) is 0.500. The molecule has 78 valence electrons. The second-order valence-corrected chi connectivity index (χ2v) is 3.47. The average Bonchev–Trinajstić information content (AvgIpc) is 2.22. The predicted octanol–water partition coefficient (Wildman–Crippen LogP) is 2.37. The molecule has 2 heteroatoms. The molecule has 0 aliphatic rings. The van der Waals surface area contributed by atoms with Gasteiger partial charge in [-0.15, -0.1) is 0 Å². The zero-order chi connectivity index (χ0) is 10.4. The molecule has 0 fully saturated rings. The van der Waals surface area contributed by atoms with E-state index in [0.717, 1.165) is 18.8 Å². The molecular weight excluding hydrogens is 174 g/mol. The van der Waals surface area contributed by atoms with Crippen LogP contribution in [0.25, 0.3) is 0 Å². The first kappa shape index (κ1) is 11.1. The number of hydrogen-bond donors (Lipinski definition) is 1. The normalized spacial score (nSPS) is 12.5. The summed E-state index contributed by atoms with van der Waals surface area (Å²) in [6, 6.07) is 8.54. The van der Waals surface area contributed by atoms with Gasteiger partial charge in [-0.25, -0.2) is 0 Å². The van der Waals surface area contributed by atoms with Crippen molar-refractivity contribution in [3.05, 3.63) is 29.8 Å². The Hall–Kier alpha value is -1.02. The van der Waals surface area contributed by atoms with Crippen molar-refractivity contribution in [2.45, 2.75) is 26.3 Å². The van der Waals surface area contributed by atoms with Crippen LogP contribution in [-0.4, -0.2) is 19.7 Å². The number of aryl methyl sites for hydroxylation is 1. The second kappa shape index (κ2) is 5.66. The molecule has 0 saturated carbocycles. The van der Waals surface area contributed by atoms with Gasteiger partial charge in [0, 0.05) is 6.04 Å². The van der Waals surface area contributed by atoms with Gasteiger partial charge in [0.25, 0.3) is 0 Å². The first-order valence-electron chi connectivity index (χ1n) is 5.13. The standard InChI is InChI=1S/C12H19NO/c1-4-11(13-3)9-14-12-8-6-5-7-10(12)2/h5-8,11,13H,4,9H2,1-3H3. The van der Waals surface area contributed by atoms with Crippen LogP contribution in [0.15, 0.2) is 24.3 Å². The van der Waals surface area contributed by atoms with Gasteiger partial charge in [0.1, 0.15) is 12.4 Å². The second-order valence-electron chi connectivity index (χ2n) is 3.47. The van der Waals surface area contributed by atoms with Gasteiger partial charge in [-0.3, -0.25) is 0 Å². The summed E-state index contributed by atoms with van der Waals surface area (Å²) < 4.78 is 5.72. The molecule has 1 rings (SSSR count). The number of ether oxygens (including phenoxy) is 1.